The Morgan fingerprint density at radius 2 is 1.38 bits per heavy atom. The molecule has 0 bridgehead atoms. The quantitative estimate of drug-likeness (QED) is 0.257. The van der Waals surface area contributed by atoms with Crippen molar-refractivity contribution >= 4 is 35.9 Å². The summed E-state index contributed by atoms with van der Waals surface area (Å²) in [5.74, 6) is -3.96. The van der Waals surface area contributed by atoms with Crippen LogP contribution in [0.4, 0.5) is 4.79 Å². The Bertz CT molecular complexity index is 781. The second kappa shape index (κ2) is 10.9. The van der Waals surface area contributed by atoms with Crippen LogP contribution in [-0.2, 0) is 57.1 Å². The fourth-order valence-electron chi connectivity index (χ4n) is 3.02. The number of alkyl carbamates (subject to hydrolysis) is 1. The molecule has 0 aromatic heterocycles. The van der Waals surface area contributed by atoms with Gasteiger partial charge in [0.1, 0.15) is 12.7 Å². The van der Waals surface area contributed by atoms with Gasteiger partial charge in [-0.15, -0.1) is 0 Å². The van der Waals surface area contributed by atoms with Gasteiger partial charge in [0.2, 0.25) is 0 Å². The van der Waals surface area contributed by atoms with Crippen molar-refractivity contribution in [3.8, 4) is 0 Å². The third-order valence-electron chi connectivity index (χ3n) is 4.15. The number of hydrogen-bond donors (Lipinski definition) is 1. The van der Waals surface area contributed by atoms with Gasteiger partial charge in [-0.1, -0.05) is 0 Å². The molecule has 0 saturated carbocycles. The molecule has 1 N–H and O–H groups in total. The van der Waals surface area contributed by atoms with Crippen molar-refractivity contribution in [2.45, 2.75) is 64.4 Å². The molecule has 0 spiro atoms. The zero-order valence-electron chi connectivity index (χ0n) is 17.7. The third-order valence-corrected chi connectivity index (χ3v) is 4.15. The van der Waals surface area contributed by atoms with Gasteiger partial charge in [-0.2, -0.15) is 0 Å². The standard InChI is InChI=1S/C18H23NO13/c1-7(20)26-6-12-13(28-8(2)21)14(29-9(3)22)15(30-10(4)23)17(31-12)27-5-11-16(24)32-18(25)19-11/h11-15,17H,5-6H2,1-4H3,(H,19,25)/t11-,12+,13+,14-,15+,17+/m0/s1. The highest BCUT2D eigenvalue weighted by atomic mass is 16.7. The zero-order chi connectivity index (χ0) is 24.0. The number of amides is 1. The van der Waals surface area contributed by atoms with Gasteiger partial charge in [0, 0.05) is 27.7 Å². The first kappa shape index (κ1) is 25.0. The minimum absolute atomic E-state index is 0.431. The normalized spacial score (nSPS) is 29.4. The predicted octanol–water partition coefficient (Wildman–Crippen LogP) is -1.28. The average molecular weight is 461 g/mol. The Kier molecular flexibility index (Phi) is 8.48. The topological polar surface area (TPSA) is 179 Å². The highest BCUT2D eigenvalue weighted by Gasteiger charge is 2.53. The molecule has 2 aliphatic heterocycles. The van der Waals surface area contributed by atoms with E-state index >= 15 is 0 Å². The van der Waals surface area contributed by atoms with Crippen LogP contribution in [0.25, 0.3) is 0 Å². The molecule has 0 aromatic carbocycles. The molecule has 6 atom stereocenters. The predicted molar refractivity (Wildman–Crippen MR) is 96.3 cm³/mol. The summed E-state index contributed by atoms with van der Waals surface area (Å²) in [5.41, 5.74) is 0. The fourth-order valence-corrected chi connectivity index (χ4v) is 3.02. The lowest BCUT2D eigenvalue weighted by molar-refractivity contribution is -0.308. The van der Waals surface area contributed by atoms with Crippen LogP contribution in [0, 0.1) is 0 Å². The van der Waals surface area contributed by atoms with Crippen molar-refractivity contribution in [1.82, 2.24) is 5.32 Å². The molecule has 2 aliphatic rings. The number of esters is 5. The first-order valence-electron chi connectivity index (χ1n) is 9.42. The van der Waals surface area contributed by atoms with Crippen molar-refractivity contribution in [3.63, 3.8) is 0 Å². The minimum atomic E-state index is -1.47. The van der Waals surface area contributed by atoms with Gasteiger partial charge < -0.3 is 38.5 Å². The van der Waals surface area contributed by atoms with Crippen molar-refractivity contribution < 1.29 is 61.9 Å². The van der Waals surface area contributed by atoms with Gasteiger partial charge >= 0.3 is 35.9 Å². The summed E-state index contributed by atoms with van der Waals surface area (Å²) < 4.78 is 36.1. The Morgan fingerprint density at radius 3 is 1.88 bits per heavy atom. The molecule has 2 rings (SSSR count). The molecule has 0 radical (unpaired) electrons. The Labute approximate surface area is 181 Å². The van der Waals surface area contributed by atoms with Crippen LogP contribution in [0.5, 0.6) is 0 Å². The van der Waals surface area contributed by atoms with Gasteiger partial charge in [0.15, 0.2) is 30.6 Å². The summed E-state index contributed by atoms with van der Waals surface area (Å²) in [7, 11) is 0. The van der Waals surface area contributed by atoms with Crippen LogP contribution in [0.15, 0.2) is 0 Å². The number of nitrogens with one attached hydrogen (secondary N) is 1. The van der Waals surface area contributed by atoms with E-state index < -0.39 is 85.9 Å². The van der Waals surface area contributed by atoms with Gasteiger partial charge in [-0.05, 0) is 0 Å². The molecular weight excluding hydrogens is 438 g/mol. The summed E-state index contributed by atoms with van der Waals surface area (Å²) in [6, 6.07) is -1.17. The Balaban J connectivity index is 2.32. The Hall–Kier alpha value is -3.26. The van der Waals surface area contributed by atoms with Gasteiger partial charge in [-0.25, -0.2) is 9.59 Å². The molecule has 32 heavy (non-hydrogen) atoms. The molecule has 0 unspecified atom stereocenters. The van der Waals surface area contributed by atoms with E-state index in [1.807, 2.05) is 0 Å². The summed E-state index contributed by atoms with van der Waals surface area (Å²) in [6.45, 7) is 3.48. The molecule has 2 heterocycles. The van der Waals surface area contributed by atoms with Crippen molar-refractivity contribution in [3.05, 3.63) is 0 Å². The molecule has 2 fully saturated rings. The van der Waals surface area contributed by atoms with E-state index in [1.165, 1.54) is 0 Å². The molecule has 14 nitrogen and oxygen atoms in total. The monoisotopic (exact) mass is 461 g/mol. The summed E-state index contributed by atoms with van der Waals surface area (Å²) >= 11 is 0. The average Bonchev–Trinajstić information content (AvgIpc) is 2.98. The number of rotatable bonds is 8. The summed E-state index contributed by atoms with van der Waals surface area (Å²) in [6.07, 6.45) is -7.83. The van der Waals surface area contributed by atoms with E-state index in [9.17, 15) is 28.8 Å². The van der Waals surface area contributed by atoms with E-state index in [0.29, 0.717) is 0 Å². The number of carbonyl (C=O) groups excluding carboxylic acids is 6. The molecule has 2 saturated heterocycles. The number of carbonyl (C=O) groups is 6. The van der Waals surface area contributed by atoms with Crippen LogP contribution in [-0.4, -0.2) is 85.9 Å². The van der Waals surface area contributed by atoms with E-state index in [4.69, 9.17) is 28.4 Å². The maximum Gasteiger partial charge on any atom is 0.415 e. The lowest BCUT2D eigenvalue weighted by Crippen LogP contribution is -2.63. The summed E-state index contributed by atoms with van der Waals surface area (Å²) in [5, 5.41) is 2.21. The van der Waals surface area contributed by atoms with Gasteiger partial charge in [0.05, 0.1) is 6.61 Å². The van der Waals surface area contributed by atoms with Crippen molar-refractivity contribution in [2.24, 2.45) is 0 Å². The van der Waals surface area contributed by atoms with E-state index in [1.54, 1.807) is 0 Å². The fraction of sp³-hybridized carbons (Fsp3) is 0.667. The highest BCUT2D eigenvalue weighted by molar-refractivity contribution is 5.95. The lowest BCUT2D eigenvalue weighted by Gasteiger charge is -2.44. The largest absolute Gasteiger partial charge is 0.463 e. The van der Waals surface area contributed by atoms with E-state index in [-0.39, 0.29) is 0 Å². The number of cyclic esters (lactones) is 2. The molecule has 14 heteroatoms. The van der Waals surface area contributed by atoms with Crippen LogP contribution >= 0.6 is 0 Å². The summed E-state index contributed by atoms with van der Waals surface area (Å²) in [4.78, 5) is 69.2. The van der Waals surface area contributed by atoms with Crippen LogP contribution in [0.2, 0.25) is 0 Å². The van der Waals surface area contributed by atoms with E-state index in [2.05, 4.69) is 10.1 Å². The zero-order valence-corrected chi connectivity index (χ0v) is 17.7. The Morgan fingerprint density at radius 1 is 0.812 bits per heavy atom. The third kappa shape index (κ3) is 6.88. The maximum absolute atomic E-state index is 11.7. The minimum Gasteiger partial charge on any atom is -0.463 e. The molecular formula is C18H23NO13. The smallest absolute Gasteiger partial charge is 0.415 e. The van der Waals surface area contributed by atoms with Crippen LogP contribution in [0.3, 0.4) is 0 Å². The van der Waals surface area contributed by atoms with Gasteiger partial charge in [-0.3, -0.25) is 19.2 Å². The van der Waals surface area contributed by atoms with Crippen molar-refractivity contribution in [1.29, 1.82) is 0 Å². The maximum atomic E-state index is 11.7. The molecule has 0 aliphatic carbocycles. The van der Waals surface area contributed by atoms with Crippen molar-refractivity contribution in [2.75, 3.05) is 13.2 Å². The first-order valence-corrected chi connectivity index (χ1v) is 9.42. The second-order valence-corrected chi connectivity index (χ2v) is 6.81. The number of hydrogen-bond acceptors (Lipinski definition) is 13. The lowest BCUT2D eigenvalue weighted by atomic mass is 9.98. The molecule has 0 aromatic rings. The first-order chi connectivity index (χ1) is 15.0. The SMILES string of the molecule is CC(=O)OC[C@H]1O[C@@H](OC[C@@H]2NC(=O)OC2=O)[C@H](OC(C)=O)[C@@H](OC(C)=O)[C@@H]1OC(C)=O. The second-order valence-electron chi connectivity index (χ2n) is 6.81. The van der Waals surface area contributed by atoms with Gasteiger partial charge in [0.25, 0.3) is 0 Å². The molecule has 1 amide bonds. The van der Waals surface area contributed by atoms with E-state index in [0.717, 1.165) is 27.7 Å². The van der Waals surface area contributed by atoms with Crippen LogP contribution in [0.1, 0.15) is 27.7 Å². The molecule has 178 valence electrons. The van der Waals surface area contributed by atoms with Crippen LogP contribution < -0.4 is 5.32 Å². The number of ether oxygens (including phenoxy) is 7. The highest BCUT2D eigenvalue weighted by Crippen LogP contribution is 2.30.